The Balaban J connectivity index is 1.52. The minimum absolute atomic E-state index is 0.155. The molecule has 1 aliphatic heterocycles. The Bertz CT molecular complexity index is 1300. The van der Waals surface area contributed by atoms with E-state index in [4.69, 9.17) is 4.98 Å². The van der Waals surface area contributed by atoms with E-state index >= 15 is 0 Å². The molecule has 31 heavy (non-hydrogen) atoms. The van der Waals surface area contributed by atoms with E-state index in [1.807, 2.05) is 11.1 Å². The van der Waals surface area contributed by atoms with Gasteiger partial charge < -0.3 is 9.30 Å². The molecule has 0 bridgehead atoms. The summed E-state index contributed by atoms with van der Waals surface area (Å²) in [6.45, 7) is 7.76. The number of rotatable bonds is 3. The van der Waals surface area contributed by atoms with Gasteiger partial charge in [0.05, 0.1) is 17.8 Å². The van der Waals surface area contributed by atoms with Crippen molar-refractivity contribution >= 4 is 11.6 Å². The minimum Gasteiger partial charge on any atom is -0.338 e. The van der Waals surface area contributed by atoms with E-state index in [2.05, 4.69) is 79.8 Å². The molecule has 0 atom stereocenters. The molecule has 0 fully saturated rings. The molecule has 0 spiro atoms. The van der Waals surface area contributed by atoms with Gasteiger partial charge in [-0.3, -0.25) is 4.79 Å². The lowest BCUT2D eigenvalue weighted by molar-refractivity contribution is -0.131. The summed E-state index contributed by atoms with van der Waals surface area (Å²) in [4.78, 5) is 20.3. The number of amides is 1. The number of imidazole rings is 1. The maximum atomic E-state index is 13.4. The van der Waals surface area contributed by atoms with Gasteiger partial charge in [0.25, 0.3) is 0 Å². The van der Waals surface area contributed by atoms with Crippen molar-refractivity contribution in [2.75, 3.05) is 6.54 Å². The molecular weight excluding hydrogens is 382 g/mol. The zero-order valence-corrected chi connectivity index (χ0v) is 18.4. The third kappa shape index (κ3) is 3.63. The number of nitrogens with zero attached hydrogens (tertiary/aromatic N) is 3. The summed E-state index contributed by atoms with van der Waals surface area (Å²) < 4.78 is 2.08. The molecule has 2 aromatic heterocycles. The maximum Gasteiger partial charge on any atom is 0.228 e. The van der Waals surface area contributed by atoms with Crippen LogP contribution in [0.4, 0.5) is 0 Å². The molecule has 4 heteroatoms. The lowest BCUT2D eigenvalue weighted by Gasteiger charge is -2.29. The number of aromatic nitrogens is 2. The Kier molecular flexibility index (Phi) is 4.85. The van der Waals surface area contributed by atoms with Crippen LogP contribution in [0.15, 0.2) is 60.8 Å². The van der Waals surface area contributed by atoms with Crippen LogP contribution >= 0.6 is 0 Å². The van der Waals surface area contributed by atoms with Crippen molar-refractivity contribution in [3.63, 3.8) is 0 Å². The first-order valence-corrected chi connectivity index (χ1v) is 10.9. The highest BCUT2D eigenvalue weighted by Crippen LogP contribution is 2.28. The van der Waals surface area contributed by atoms with E-state index in [1.54, 1.807) is 0 Å². The van der Waals surface area contributed by atoms with Gasteiger partial charge in [-0.2, -0.15) is 0 Å². The Labute approximate surface area is 183 Å². The van der Waals surface area contributed by atoms with Crippen LogP contribution in [0, 0.1) is 20.8 Å². The summed E-state index contributed by atoms with van der Waals surface area (Å²) in [7, 11) is 0. The number of hydrogen-bond donors (Lipinski definition) is 0. The van der Waals surface area contributed by atoms with Crippen molar-refractivity contribution < 1.29 is 4.79 Å². The predicted octanol–water partition coefficient (Wildman–Crippen LogP) is 5.05. The smallest absolute Gasteiger partial charge is 0.228 e. The van der Waals surface area contributed by atoms with Gasteiger partial charge in [-0.15, -0.1) is 0 Å². The van der Waals surface area contributed by atoms with Gasteiger partial charge in [0.1, 0.15) is 5.65 Å². The molecule has 0 unspecified atom stereocenters. The van der Waals surface area contributed by atoms with E-state index in [-0.39, 0.29) is 5.91 Å². The Morgan fingerprint density at radius 3 is 2.58 bits per heavy atom. The van der Waals surface area contributed by atoms with Gasteiger partial charge in [-0.05, 0) is 73.2 Å². The highest BCUT2D eigenvalue weighted by Gasteiger charge is 2.24. The average molecular weight is 410 g/mol. The molecule has 1 aliphatic rings. The molecule has 156 valence electrons. The minimum atomic E-state index is 0.155. The van der Waals surface area contributed by atoms with Crippen molar-refractivity contribution in [3.05, 3.63) is 94.3 Å². The second-order valence-corrected chi connectivity index (χ2v) is 8.65. The van der Waals surface area contributed by atoms with Crippen LogP contribution in [0.25, 0.3) is 16.9 Å². The van der Waals surface area contributed by atoms with Crippen LogP contribution < -0.4 is 0 Å². The highest BCUT2D eigenvalue weighted by atomic mass is 16.2. The molecule has 0 N–H and O–H groups in total. The standard InChI is InChI=1S/C27H27N3O/c1-18-10-13-30-24(16-26(31)29-12-11-21-6-4-5-7-23(21)17-29)27(28-25(30)14-18)22-9-8-19(2)20(3)15-22/h4-10,13-15H,11-12,16-17H2,1-3H3. The van der Waals surface area contributed by atoms with E-state index in [0.717, 1.165) is 41.1 Å². The molecule has 1 amide bonds. The normalized spacial score (nSPS) is 13.5. The molecule has 4 nitrogen and oxygen atoms in total. The number of carbonyl (C=O) groups excluding carboxylic acids is 1. The third-order valence-electron chi connectivity index (χ3n) is 6.46. The van der Waals surface area contributed by atoms with E-state index in [9.17, 15) is 4.79 Å². The third-order valence-corrected chi connectivity index (χ3v) is 6.46. The number of hydrogen-bond acceptors (Lipinski definition) is 2. The Morgan fingerprint density at radius 1 is 0.968 bits per heavy atom. The first kappa shape index (κ1) is 19.6. The number of aryl methyl sites for hydroxylation is 3. The molecule has 3 heterocycles. The van der Waals surface area contributed by atoms with Crippen molar-refractivity contribution in [1.82, 2.24) is 14.3 Å². The largest absolute Gasteiger partial charge is 0.338 e. The predicted molar refractivity (Wildman–Crippen MR) is 124 cm³/mol. The van der Waals surface area contributed by atoms with Gasteiger partial charge in [0.2, 0.25) is 5.91 Å². The van der Waals surface area contributed by atoms with Gasteiger partial charge in [-0.1, -0.05) is 36.4 Å². The fourth-order valence-electron chi connectivity index (χ4n) is 4.45. The first-order valence-electron chi connectivity index (χ1n) is 10.9. The van der Waals surface area contributed by atoms with Crippen LogP contribution in [-0.4, -0.2) is 26.7 Å². The molecular formula is C27H27N3O. The maximum absolute atomic E-state index is 13.4. The van der Waals surface area contributed by atoms with E-state index in [1.165, 1.54) is 22.3 Å². The van der Waals surface area contributed by atoms with Gasteiger partial charge in [-0.25, -0.2) is 4.98 Å². The Morgan fingerprint density at radius 2 is 1.77 bits per heavy atom. The lowest BCUT2D eigenvalue weighted by atomic mass is 9.99. The molecule has 4 aromatic rings. The molecule has 2 aromatic carbocycles. The van der Waals surface area contributed by atoms with Crippen LogP contribution in [-0.2, 0) is 24.2 Å². The summed E-state index contributed by atoms with van der Waals surface area (Å²) in [5, 5.41) is 0. The summed E-state index contributed by atoms with van der Waals surface area (Å²) >= 11 is 0. The number of carbonyl (C=O) groups is 1. The van der Waals surface area contributed by atoms with Crippen molar-refractivity contribution in [2.45, 2.75) is 40.2 Å². The molecule has 5 rings (SSSR count). The van der Waals surface area contributed by atoms with Crippen LogP contribution in [0.5, 0.6) is 0 Å². The van der Waals surface area contributed by atoms with Crippen LogP contribution in [0.2, 0.25) is 0 Å². The van der Waals surface area contributed by atoms with E-state index < -0.39 is 0 Å². The van der Waals surface area contributed by atoms with Crippen molar-refractivity contribution in [1.29, 1.82) is 0 Å². The van der Waals surface area contributed by atoms with Gasteiger partial charge in [0.15, 0.2) is 0 Å². The average Bonchev–Trinajstić information content (AvgIpc) is 3.12. The van der Waals surface area contributed by atoms with Crippen molar-refractivity contribution in [2.24, 2.45) is 0 Å². The number of fused-ring (bicyclic) bond motifs is 2. The monoisotopic (exact) mass is 409 g/mol. The summed E-state index contributed by atoms with van der Waals surface area (Å²) in [5.41, 5.74) is 10.1. The lowest BCUT2D eigenvalue weighted by Crippen LogP contribution is -2.37. The Hall–Kier alpha value is -3.40. The second kappa shape index (κ2) is 7.69. The molecule has 0 saturated carbocycles. The van der Waals surface area contributed by atoms with Crippen LogP contribution in [0.3, 0.4) is 0 Å². The summed E-state index contributed by atoms with van der Waals surface area (Å²) in [6, 6.07) is 19.0. The molecule has 0 aliphatic carbocycles. The first-order chi connectivity index (χ1) is 15.0. The summed E-state index contributed by atoms with van der Waals surface area (Å²) in [5.74, 6) is 0.155. The second-order valence-electron chi connectivity index (χ2n) is 8.65. The number of pyridine rings is 1. The number of benzene rings is 2. The van der Waals surface area contributed by atoms with E-state index in [0.29, 0.717) is 13.0 Å². The fourth-order valence-corrected chi connectivity index (χ4v) is 4.45. The zero-order valence-electron chi connectivity index (χ0n) is 18.4. The fraction of sp³-hybridized carbons (Fsp3) is 0.259. The van der Waals surface area contributed by atoms with Crippen LogP contribution in [0.1, 0.15) is 33.5 Å². The topological polar surface area (TPSA) is 37.6 Å². The molecule has 0 saturated heterocycles. The molecule has 0 radical (unpaired) electrons. The zero-order chi connectivity index (χ0) is 21.5. The quantitative estimate of drug-likeness (QED) is 0.475. The van der Waals surface area contributed by atoms with Crippen molar-refractivity contribution in [3.8, 4) is 11.3 Å². The summed E-state index contributed by atoms with van der Waals surface area (Å²) in [6.07, 6.45) is 3.29. The van der Waals surface area contributed by atoms with Gasteiger partial charge in [0, 0.05) is 24.8 Å². The SMILES string of the molecule is Cc1ccn2c(CC(=O)N3CCc4ccccc4C3)c(-c3ccc(C)c(C)c3)nc2c1. The highest BCUT2D eigenvalue weighted by molar-refractivity contribution is 5.82. The van der Waals surface area contributed by atoms with Gasteiger partial charge >= 0.3 is 0 Å².